The highest BCUT2D eigenvalue weighted by atomic mass is 16.5. The minimum absolute atomic E-state index is 0.404. The molecule has 25 heavy (non-hydrogen) atoms. The van der Waals surface area contributed by atoms with E-state index in [0.717, 1.165) is 11.1 Å². The molecule has 0 fully saturated rings. The summed E-state index contributed by atoms with van der Waals surface area (Å²) in [5.41, 5.74) is 6.75. The number of hydrazine groups is 1. The van der Waals surface area contributed by atoms with E-state index in [1.807, 2.05) is 31.2 Å². The number of rotatable bonds is 5. The Kier molecular flexibility index (Phi) is 6.47. The van der Waals surface area contributed by atoms with E-state index in [0.29, 0.717) is 5.56 Å². The average Bonchev–Trinajstić information content (AvgIpc) is 2.63. The zero-order valence-corrected chi connectivity index (χ0v) is 13.7. The van der Waals surface area contributed by atoms with Gasteiger partial charge in [-0.1, -0.05) is 48.0 Å². The van der Waals surface area contributed by atoms with Crippen LogP contribution in [0.4, 0.5) is 0 Å². The minimum atomic E-state index is -0.647. The van der Waals surface area contributed by atoms with Crippen molar-refractivity contribution >= 4 is 23.9 Å². The summed E-state index contributed by atoms with van der Waals surface area (Å²) < 4.78 is 4.80. The van der Waals surface area contributed by atoms with Gasteiger partial charge in [0.25, 0.3) is 11.8 Å². The number of carbonyl (C=O) groups is 3. The van der Waals surface area contributed by atoms with Crippen LogP contribution in [0.1, 0.15) is 21.5 Å². The monoisotopic (exact) mass is 338 g/mol. The Morgan fingerprint density at radius 3 is 2.48 bits per heavy atom. The lowest BCUT2D eigenvalue weighted by molar-refractivity contribution is -0.144. The van der Waals surface area contributed by atoms with Crippen molar-refractivity contribution in [3.63, 3.8) is 0 Å². The molecule has 0 bridgehead atoms. The van der Waals surface area contributed by atoms with Gasteiger partial charge in [0, 0.05) is 11.6 Å². The van der Waals surface area contributed by atoms with Gasteiger partial charge in [0.15, 0.2) is 6.61 Å². The molecular formula is C19H18N2O4. The predicted molar refractivity (Wildman–Crippen MR) is 93.2 cm³/mol. The largest absolute Gasteiger partial charge is 0.452 e. The molecule has 0 radical (unpaired) electrons. The zero-order valence-electron chi connectivity index (χ0n) is 13.7. The Hall–Kier alpha value is -3.41. The lowest BCUT2D eigenvalue weighted by Gasteiger charge is -2.07. The summed E-state index contributed by atoms with van der Waals surface area (Å²) in [5, 5.41) is 0. The normalized spacial score (nSPS) is 10.3. The highest BCUT2D eigenvalue weighted by Gasteiger charge is 2.08. The van der Waals surface area contributed by atoms with Gasteiger partial charge in [-0.2, -0.15) is 0 Å². The summed E-state index contributed by atoms with van der Waals surface area (Å²) in [7, 11) is 0. The van der Waals surface area contributed by atoms with Crippen molar-refractivity contribution in [2.24, 2.45) is 0 Å². The fourth-order valence-electron chi connectivity index (χ4n) is 1.95. The zero-order chi connectivity index (χ0) is 18.1. The smallest absolute Gasteiger partial charge is 0.331 e. The quantitative estimate of drug-likeness (QED) is 0.496. The first-order chi connectivity index (χ1) is 12.0. The second-order valence-corrected chi connectivity index (χ2v) is 5.22. The first-order valence-electron chi connectivity index (χ1n) is 7.60. The Labute approximate surface area is 145 Å². The van der Waals surface area contributed by atoms with E-state index < -0.39 is 24.4 Å². The number of aryl methyl sites for hydroxylation is 1. The molecule has 0 aromatic heterocycles. The van der Waals surface area contributed by atoms with Crippen LogP contribution in [-0.2, 0) is 14.3 Å². The Morgan fingerprint density at radius 1 is 1.00 bits per heavy atom. The summed E-state index contributed by atoms with van der Waals surface area (Å²) in [6.45, 7) is 1.45. The van der Waals surface area contributed by atoms with Crippen LogP contribution in [-0.4, -0.2) is 24.4 Å². The van der Waals surface area contributed by atoms with Crippen molar-refractivity contribution in [1.82, 2.24) is 10.9 Å². The van der Waals surface area contributed by atoms with Gasteiger partial charge in [0.05, 0.1) is 0 Å². The van der Waals surface area contributed by atoms with Gasteiger partial charge >= 0.3 is 5.97 Å². The van der Waals surface area contributed by atoms with Gasteiger partial charge in [0.2, 0.25) is 0 Å². The van der Waals surface area contributed by atoms with Crippen LogP contribution in [0.2, 0.25) is 0 Å². The molecule has 6 heteroatoms. The Bertz CT molecular complexity index is 785. The standard InChI is InChI=1S/C19H18N2O4/c1-14-6-5-7-15(12-14)10-11-18(23)25-13-17(22)20-21-19(24)16-8-3-2-4-9-16/h2-12H,13H2,1H3,(H,20,22)(H,21,24)/b11-10+. The molecule has 0 saturated carbocycles. The van der Waals surface area contributed by atoms with Crippen LogP contribution < -0.4 is 10.9 Å². The van der Waals surface area contributed by atoms with Crippen LogP contribution >= 0.6 is 0 Å². The molecule has 2 aromatic rings. The molecule has 0 saturated heterocycles. The molecule has 0 aliphatic rings. The number of benzene rings is 2. The van der Waals surface area contributed by atoms with Gasteiger partial charge in [-0.3, -0.25) is 20.4 Å². The van der Waals surface area contributed by atoms with Gasteiger partial charge in [-0.15, -0.1) is 0 Å². The fraction of sp³-hybridized carbons (Fsp3) is 0.105. The molecule has 0 aliphatic carbocycles. The molecular weight excluding hydrogens is 320 g/mol. The minimum Gasteiger partial charge on any atom is -0.452 e. The van der Waals surface area contributed by atoms with Crippen molar-refractivity contribution in [1.29, 1.82) is 0 Å². The number of nitrogens with one attached hydrogen (secondary N) is 2. The van der Waals surface area contributed by atoms with Crippen molar-refractivity contribution in [2.45, 2.75) is 6.92 Å². The first kappa shape index (κ1) is 17.9. The molecule has 0 spiro atoms. The third-order valence-electron chi connectivity index (χ3n) is 3.15. The highest BCUT2D eigenvalue weighted by Crippen LogP contribution is 2.05. The topological polar surface area (TPSA) is 84.5 Å². The van der Waals surface area contributed by atoms with Crippen LogP contribution in [0.5, 0.6) is 0 Å². The van der Waals surface area contributed by atoms with Gasteiger partial charge < -0.3 is 4.74 Å². The van der Waals surface area contributed by atoms with E-state index in [-0.39, 0.29) is 0 Å². The average molecular weight is 338 g/mol. The molecule has 0 heterocycles. The summed E-state index contributed by atoms with van der Waals surface area (Å²) in [4.78, 5) is 34.9. The molecule has 0 atom stereocenters. The maximum atomic E-state index is 11.7. The number of hydrogen-bond donors (Lipinski definition) is 2. The van der Waals surface area contributed by atoms with Gasteiger partial charge in [-0.05, 0) is 30.7 Å². The molecule has 2 aromatic carbocycles. The fourth-order valence-corrected chi connectivity index (χ4v) is 1.95. The number of amides is 2. The summed E-state index contributed by atoms with van der Waals surface area (Å²) in [6.07, 6.45) is 2.84. The Morgan fingerprint density at radius 2 is 1.76 bits per heavy atom. The maximum absolute atomic E-state index is 11.7. The summed E-state index contributed by atoms with van der Waals surface area (Å²) >= 11 is 0. The number of carbonyl (C=O) groups excluding carboxylic acids is 3. The lowest BCUT2D eigenvalue weighted by atomic mass is 10.1. The van der Waals surface area contributed by atoms with E-state index >= 15 is 0 Å². The predicted octanol–water partition coefficient (Wildman–Crippen LogP) is 2.01. The molecule has 128 valence electrons. The molecule has 2 amide bonds. The first-order valence-corrected chi connectivity index (χ1v) is 7.60. The summed E-state index contributed by atoms with van der Waals surface area (Å²) in [5.74, 6) is -1.74. The second-order valence-electron chi connectivity index (χ2n) is 5.22. The van der Waals surface area contributed by atoms with E-state index in [9.17, 15) is 14.4 Å². The molecule has 2 rings (SSSR count). The molecule has 0 unspecified atom stereocenters. The number of ether oxygens (including phenoxy) is 1. The number of hydrogen-bond acceptors (Lipinski definition) is 4. The third-order valence-corrected chi connectivity index (χ3v) is 3.15. The van der Waals surface area contributed by atoms with E-state index in [1.165, 1.54) is 6.08 Å². The van der Waals surface area contributed by atoms with Crippen molar-refractivity contribution in [2.75, 3.05) is 6.61 Å². The highest BCUT2D eigenvalue weighted by molar-refractivity contribution is 5.95. The van der Waals surface area contributed by atoms with E-state index in [4.69, 9.17) is 4.74 Å². The van der Waals surface area contributed by atoms with Gasteiger partial charge in [0.1, 0.15) is 0 Å². The van der Waals surface area contributed by atoms with Crippen LogP contribution in [0.15, 0.2) is 60.7 Å². The summed E-state index contributed by atoms with van der Waals surface area (Å²) in [6, 6.07) is 16.0. The Balaban J connectivity index is 1.72. The van der Waals surface area contributed by atoms with E-state index in [2.05, 4.69) is 10.9 Å². The van der Waals surface area contributed by atoms with Crippen molar-refractivity contribution in [3.8, 4) is 0 Å². The van der Waals surface area contributed by atoms with Crippen molar-refractivity contribution in [3.05, 3.63) is 77.4 Å². The second kappa shape index (κ2) is 9.02. The third kappa shape index (κ3) is 6.31. The van der Waals surface area contributed by atoms with Gasteiger partial charge in [-0.25, -0.2) is 4.79 Å². The van der Waals surface area contributed by atoms with Crippen molar-refractivity contribution < 1.29 is 19.1 Å². The SMILES string of the molecule is Cc1cccc(/C=C/C(=O)OCC(=O)NNC(=O)c2ccccc2)c1. The van der Waals surface area contributed by atoms with E-state index in [1.54, 1.807) is 36.4 Å². The van der Waals surface area contributed by atoms with Crippen LogP contribution in [0.3, 0.4) is 0 Å². The molecule has 2 N–H and O–H groups in total. The molecule has 6 nitrogen and oxygen atoms in total. The van der Waals surface area contributed by atoms with Crippen LogP contribution in [0.25, 0.3) is 6.08 Å². The lowest BCUT2D eigenvalue weighted by Crippen LogP contribution is -2.43. The maximum Gasteiger partial charge on any atom is 0.331 e. The molecule has 0 aliphatic heterocycles. The number of esters is 1. The van der Waals surface area contributed by atoms with Crippen LogP contribution in [0, 0.1) is 6.92 Å².